The highest BCUT2D eigenvalue weighted by Crippen LogP contribution is 2.33. The lowest BCUT2D eigenvalue weighted by atomic mass is 10.1. The molecule has 30 heavy (non-hydrogen) atoms. The van der Waals surface area contributed by atoms with E-state index < -0.39 is 0 Å². The summed E-state index contributed by atoms with van der Waals surface area (Å²) in [6.45, 7) is 2.14. The molecule has 6 rings (SSSR count). The number of aromatic nitrogens is 6. The van der Waals surface area contributed by atoms with E-state index in [2.05, 4.69) is 42.2 Å². The summed E-state index contributed by atoms with van der Waals surface area (Å²) >= 11 is 0. The Morgan fingerprint density at radius 3 is 2.67 bits per heavy atom. The lowest BCUT2D eigenvalue weighted by molar-refractivity contribution is 0.575. The molecule has 2 N–H and O–H groups in total. The van der Waals surface area contributed by atoms with Crippen molar-refractivity contribution in [2.75, 3.05) is 18.0 Å². The van der Waals surface area contributed by atoms with Crippen molar-refractivity contribution in [2.45, 2.75) is 19.3 Å². The molecule has 0 unspecified atom stereocenters. The molecule has 1 saturated heterocycles. The fraction of sp³-hybridized carbons (Fsp3) is 0.217. The van der Waals surface area contributed by atoms with Gasteiger partial charge in [-0.3, -0.25) is 15.1 Å². The highest BCUT2D eigenvalue weighted by Gasteiger charge is 2.18. The van der Waals surface area contributed by atoms with E-state index in [1.54, 1.807) is 6.20 Å². The Hall–Kier alpha value is -3.74. The molecule has 0 spiro atoms. The van der Waals surface area contributed by atoms with Crippen LogP contribution in [0.15, 0.2) is 55.1 Å². The first-order valence-electron chi connectivity index (χ1n) is 10.3. The first-order chi connectivity index (χ1) is 14.9. The van der Waals surface area contributed by atoms with Gasteiger partial charge in [-0.2, -0.15) is 5.10 Å². The van der Waals surface area contributed by atoms with Crippen molar-refractivity contribution in [1.29, 1.82) is 0 Å². The van der Waals surface area contributed by atoms with Crippen LogP contribution in [0.3, 0.4) is 0 Å². The van der Waals surface area contributed by atoms with Crippen LogP contribution in [0, 0.1) is 0 Å². The highest BCUT2D eigenvalue weighted by molar-refractivity contribution is 5.99. The Morgan fingerprint density at radius 1 is 0.867 bits per heavy atom. The van der Waals surface area contributed by atoms with Crippen molar-refractivity contribution in [3.05, 3.63) is 55.1 Å². The zero-order valence-corrected chi connectivity index (χ0v) is 16.5. The van der Waals surface area contributed by atoms with Crippen LogP contribution < -0.4 is 4.90 Å². The predicted octanol–water partition coefficient (Wildman–Crippen LogP) is 4.55. The lowest BCUT2D eigenvalue weighted by Crippen LogP contribution is -2.30. The van der Waals surface area contributed by atoms with Gasteiger partial charge in [0.15, 0.2) is 0 Å². The van der Waals surface area contributed by atoms with Gasteiger partial charge in [-0.25, -0.2) is 4.98 Å². The van der Waals surface area contributed by atoms with Gasteiger partial charge in [0.05, 0.1) is 28.6 Å². The minimum atomic E-state index is 0.880. The second-order valence-corrected chi connectivity index (χ2v) is 7.76. The number of fused-ring (bicyclic) bond motifs is 2. The van der Waals surface area contributed by atoms with Gasteiger partial charge < -0.3 is 9.88 Å². The standard InChI is InChI=1S/C23H21N7/c1-2-9-30(10-3-1)23-17-12-20(27-18(17)6-8-25-23)22-16-11-19(15-5-4-7-24-13-15)26-14-21(16)28-29-22/h4-8,11-14,27H,1-3,9-10H2,(H,28,29). The maximum absolute atomic E-state index is 4.70. The van der Waals surface area contributed by atoms with Crippen LogP contribution in [0.4, 0.5) is 5.82 Å². The average Bonchev–Trinajstić information content (AvgIpc) is 3.43. The third-order valence-electron chi connectivity index (χ3n) is 5.84. The summed E-state index contributed by atoms with van der Waals surface area (Å²) in [5.74, 6) is 1.06. The Labute approximate surface area is 173 Å². The second kappa shape index (κ2) is 6.95. The monoisotopic (exact) mass is 395 g/mol. The molecule has 0 amide bonds. The molecule has 148 valence electrons. The van der Waals surface area contributed by atoms with Gasteiger partial charge in [0.25, 0.3) is 0 Å². The molecule has 0 saturated carbocycles. The number of hydrogen-bond donors (Lipinski definition) is 2. The van der Waals surface area contributed by atoms with E-state index in [1.807, 2.05) is 36.8 Å². The van der Waals surface area contributed by atoms with Gasteiger partial charge in [-0.1, -0.05) is 0 Å². The number of piperidine rings is 1. The third-order valence-corrected chi connectivity index (χ3v) is 5.84. The number of anilines is 1. The van der Waals surface area contributed by atoms with Gasteiger partial charge in [0.1, 0.15) is 11.5 Å². The Bertz CT molecular complexity index is 1330. The molecule has 0 atom stereocenters. The van der Waals surface area contributed by atoms with Crippen molar-refractivity contribution in [1.82, 2.24) is 30.1 Å². The van der Waals surface area contributed by atoms with Crippen LogP contribution in [0.1, 0.15) is 19.3 Å². The summed E-state index contributed by atoms with van der Waals surface area (Å²) in [6, 6.07) is 10.2. The topological polar surface area (TPSA) is 86.4 Å². The second-order valence-electron chi connectivity index (χ2n) is 7.76. The minimum absolute atomic E-state index is 0.880. The van der Waals surface area contributed by atoms with Crippen molar-refractivity contribution in [3.63, 3.8) is 0 Å². The lowest BCUT2D eigenvalue weighted by Gasteiger charge is -2.28. The van der Waals surface area contributed by atoms with Gasteiger partial charge in [-0.15, -0.1) is 0 Å². The molecule has 0 aliphatic carbocycles. The van der Waals surface area contributed by atoms with E-state index in [4.69, 9.17) is 4.98 Å². The molecular weight excluding hydrogens is 374 g/mol. The number of nitrogens with one attached hydrogen (secondary N) is 2. The average molecular weight is 395 g/mol. The van der Waals surface area contributed by atoms with Crippen molar-refractivity contribution >= 4 is 27.6 Å². The van der Waals surface area contributed by atoms with Crippen LogP contribution in [0.25, 0.3) is 44.5 Å². The molecule has 0 bridgehead atoms. The quantitative estimate of drug-likeness (QED) is 0.468. The zero-order chi connectivity index (χ0) is 19.9. The van der Waals surface area contributed by atoms with Gasteiger partial charge in [0, 0.05) is 48.0 Å². The predicted molar refractivity (Wildman–Crippen MR) is 118 cm³/mol. The molecule has 0 aromatic carbocycles. The molecular formula is C23H21N7. The third kappa shape index (κ3) is 2.82. The Kier molecular flexibility index (Phi) is 3.97. The summed E-state index contributed by atoms with van der Waals surface area (Å²) < 4.78 is 0. The first kappa shape index (κ1) is 17.1. The highest BCUT2D eigenvalue weighted by atomic mass is 15.2. The molecule has 5 aromatic heterocycles. The summed E-state index contributed by atoms with van der Waals surface area (Å²) in [6.07, 6.45) is 11.1. The number of aromatic amines is 2. The molecule has 0 radical (unpaired) electrons. The number of rotatable bonds is 3. The maximum atomic E-state index is 4.70. The van der Waals surface area contributed by atoms with Gasteiger partial charge in [-0.05, 0) is 49.6 Å². The first-order valence-corrected chi connectivity index (χ1v) is 10.3. The SMILES string of the molecule is c1cncc(-c2cc3c(-c4cc5c(N6CCCCC6)nccc5[nH]4)n[nH]c3cn2)c1. The summed E-state index contributed by atoms with van der Waals surface area (Å²) in [5.41, 5.74) is 5.72. The number of hydrogen-bond acceptors (Lipinski definition) is 5. The molecule has 5 aromatic rings. The smallest absolute Gasteiger partial charge is 0.137 e. The van der Waals surface area contributed by atoms with Crippen molar-refractivity contribution in [2.24, 2.45) is 0 Å². The van der Waals surface area contributed by atoms with Crippen molar-refractivity contribution < 1.29 is 0 Å². The van der Waals surface area contributed by atoms with Gasteiger partial charge >= 0.3 is 0 Å². The number of nitrogens with zero attached hydrogens (tertiary/aromatic N) is 5. The summed E-state index contributed by atoms with van der Waals surface area (Å²) in [4.78, 5) is 19.4. The number of pyridine rings is 3. The molecule has 6 heterocycles. The van der Waals surface area contributed by atoms with Crippen LogP contribution >= 0.6 is 0 Å². The molecule has 1 aliphatic heterocycles. The van der Waals surface area contributed by atoms with E-state index in [0.29, 0.717) is 0 Å². The summed E-state index contributed by atoms with van der Waals surface area (Å²) in [7, 11) is 0. The van der Waals surface area contributed by atoms with E-state index in [9.17, 15) is 0 Å². The summed E-state index contributed by atoms with van der Waals surface area (Å²) in [5, 5.41) is 9.88. The molecule has 7 heteroatoms. The van der Waals surface area contributed by atoms with E-state index in [-0.39, 0.29) is 0 Å². The largest absolute Gasteiger partial charge is 0.356 e. The van der Waals surface area contributed by atoms with Crippen LogP contribution in [0.5, 0.6) is 0 Å². The Morgan fingerprint density at radius 2 is 1.80 bits per heavy atom. The van der Waals surface area contributed by atoms with E-state index in [0.717, 1.165) is 63.4 Å². The fourth-order valence-electron chi connectivity index (χ4n) is 4.32. The van der Waals surface area contributed by atoms with E-state index >= 15 is 0 Å². The minimum Gasteiger partial charge on any atom is -0.356 e. The maximum Gasteiger partial charge on any atom is 0.137 e. The van der Waals surface area contributed by atoms with E-state index in [1.165, 1.54) is 19.3 Å². The zero-order valence-electron chi connectivity index (χ0n) is 16.5. The van der Waals surface area contributed by atoms with Gasteiger partial charge in [0.2, 0.25) is 0 Å². The molecule has 1 aliphatic rings. The van der Waals surface area contributed by atoms with Crippen LogP contribution in [-0.4, -0.2) is 43.2 Å². The normalized spacial score (nSPS) is 14.6. The van der Waals surface area contributed by atoms with Crippen molar-refractivity contribution in [3.8, 4) is 22.6 Å². The van der Waals surface area contributed by atoms with Crippen LogP contribution in [-0.2, 0) is 0 Å². The molecule has 1 fully saturated rings. The fourth-order valence-corrected chi connectivity index (χ4v) is 4.32. The van der Waals surface area contributed by atoms with Crippen LogP contribution in [0.2, 0.25) is 0 Å². The number of H-pyrrole nitrogens is 2. The Balaban J connectivity index is 1.47. The molecule has 7 nitrogen and oxygen atoms in total.